The Hall–Kier alpha value is -2.82. The van der Waals surface area contributed by atoms with Crippen LogP contribution >= 0.6 is 0 Å². The topological polar surface area (TPSA) is 58.6 Å². The van der Waals surface area contributed by atoms with Crippen molar-refractivity contribution in [1.29, 1.82) is 0 Å². The molecule has 156 valence electrons. The molecule has 0 spiro atoms. The van der Waals surface area contributed by atoms with Gasteiger partial charge in [-0.15, -0.1) is 0 Å². The second kappa shape index (κ2) is 11.2. The van der Waals surface area contributed by atoms with Gasteiger partial charge < -0.3 is 15.0 Å². The number of rotatable bonds is 10. The number of nitrogens with one attached hydrogen (secondary N) is 1. The number of nitrogens with zero attached hydrogens (tertiary/aromatic N) is 1. The van der Waals surface area contributed by atoms with Crippen molar-refractivity contribution in [2.24, 2.45) is 5.92 Å². The molecule has 2 rings (SSSR count). The maximum Gasteiger partial charge on any atom is 0.242 e. The van der Waals surface area contributed by atoms with E-state index in [0.29, 0.717) is 31.8 Å². The van der Waals surface area contributed by atoms with E-state index in [4.69, 9.17) is 4.74 Å². The number of ether oxygens (including phenoxy) is 1. The lowest BCUT2D eigenvalue weighted by Gasteiger charge is -2.29. The fraction of sp³-hybridized carbons (Fsp3) is 0.417. The zero-order chi connectivity index (χ0) is 21.2. The van der Waals surface area contributed by atoms with Crippen molar-refractivity contribution in [3.63, 3.8) is 0 Å². The van der Waals surface area contributed by atoms with Crippen molar-refractivity contribution in [2.45, 2.75) is 46.2 Å². The molecule has 0 saturated carbocycles. The zero-order valence-electron chi connectivity index (χ0n) is 17.9. The molecule has 0 aliphatic heterocycles. The molecule has 2 aromatic rings. The minimum Gasteiger partial charge on any atom is -0.497 e. The Morgan fingerprint density at radius 1 is 0.966 bits per heavy atom. The van der Waals surface area contributed by atoms with E-state index in [1.54, 1.807) is 18.9 Å². The molecule has 0 heterocycles. The summed E-state index contributed by atoms with van der Waals surface area (Å²) in [6, 6.07) is 17.0. The fourth-order valence-corrected chi connectivity index (χ4v) is 3.00. The summed E-state index contributed by atoms with van der Waals surface area (Å²) < 4.78 is 5.20. The summed E-state index contributed by atoms with van der Waals surface area (Å²) in [4.78, 5) is 27.3. The number of methoxy groups -OCH3 is 1. The first kappa shape index (κ1) is 22.5. The van der Waals surface area contributed by atoms with Crippen LogP contribution in [-0.2, 0) is 22.6 Å². The number of carbonyl (C=O) groups excluding carboxylic acids is 2. The van der Waals surface area contributed by atoms with Crippen molar-refractivity contribution >= 4 is 11.8 Å². The Balaban J connectivity index is 2.11. The van der Waals surface area contributed by atoms with Gasteiger partial charge in [0.25, 0.3) is 0 Å². The number of hydrogen-bond acceptors (Lipinski definition) is 3. The predicted octanol–water partition coefficient (Wildman–Crippen LogP) is 3.82. The summed E-state index contributed by atoms with van der Waals surface area (Å²) in [5.41, 5.74) is 2.07. The highest BCUT2D eigenvalue weighted by Gasteiger charge is 2.25. The quantitative estimate of drug-likeness (QED) is 0.664. The molecule has 0 aliphatic carbocycles. The van der Waals surface area contributed by atoms with Crippen LogP contribution in [0, 0.1) is 5.92 Å². The van der Waals surface area contributed by atoms with Crippen molar-refractivity contribution < 1.29 is 14.3 Å². The van der Waals surface area contributed by atoms with E-state index < -0.39 is 6.04 Å². The molecule has 0 bridgehead atoms. The lowest BCUT2D eigenvalue weighted by atomic mass is 10.1. The van der Waals surface area contributed by atoms with Crippen LogP contribution in [0.15, 0.2) is 54.6 Å². The number of amides is 2. The van der Waals surface area contributed by atoms with Gasteiger partial charge in [0.1, 0.15) is 11.8 Å². The number of hydrogen-bond donors (Lipinski definition) is 1. The van der Waals surface area contributed by atoms with Gasteiger partial charge in [-0.2, -0.15) is 0 Å². The molecule has 2 aromatic carbocycles. The standard InChI is InChI=1S/C24H32N2O3/c1-18(2)16-25-24(28)19(3)26(17-21-10-13-22(29-4)14-11-21)23(27)15-12-20-8-6-5-7-9-20/h5-11,13-14,18-19H,12,15-17H2,1-4H3,(H,25,28)/t19-/m0/s1. The van der Waals surface area contributed by atoms with E-state index in [1.165, 1.54) is 0 Å². The van der Waals surface area contributed by atoms with Gasteiger partial charge in [-0.25, -0.2) is 0 Å². The summed E-state index contributed by atoms with van der Waals surface area (Å²) in [7, 11) is 1.62. The summed E-state index contributed by atoms with van der Waals surface area (Å²) in [5, 5.41) is 2.94. The molecule has 2 amide bonds. The zero-order valence-corrected chi connectivity index (χ0v) is 17.9. The molecule has 0 aliphatic rings. The fourth-order valence-electron chi connectivity index (χ4n) is 3.00. The molecule has 1 N–H and O–H groups in total. The van der Waals surface area contributed by atoms with Crippen LogP contribution in [0.5, 0.6) is 5.75 Å². The van der Waals surface area contributed by atoms with Crippen LogP contribution in [-0.4, -0.2) is 36.4 Å². The van der Waals surface area contributed by atoms with Gasteiger partial charge in [0.15, 0.2) is 0 Å². The maximum absolute atomic E-state index is 13.0. The van der Waals surface area contributed by atoms with Crippen molar-refractivity contribution in [1.82, 2.24) is 10.2 Å². The maximum atomic E-state index is 13.0. The van der Waals surface area contributed by atoms with Crippen LogP contribution < -0.4 is 10.1 Å². The van der Waals surface area contributed by atoms with Gasteiger partial charge in [-0.05, 0) is 42.5 Å². The van der Waals surface area contributed by atoms with Crippen molar-refractivity contribution in [2.75, 3.05) is 13.7 Å². The highest BCUT2D eigenvalue weighted by atomic mass is 16.5. The Morgan fingerprint density at radius 3 is 2.21 bits per heavy atom. The molecule has 29 heavy (non-hydrogen) atoms. The molecule has 0 saturated heterocycles. The van der Waals surface area contributed by atoms with E-state index in [0.717, 1.165) is 16.9 Å². The summed E-state index contributed by atoms with van der Waals surface area (Å²) in [6.45, 7) is 6.86. The van der Waals surface area contributed by atoms with Crippen molar-refractivity contribution in [3.05, 3.63) is 65.7 Å². The third-order valence-electron chi connectivity index (χ3n) is 4.83. The van der Waals surface area contributed by atoms with E-state index in [1.807, 2.05) is 68.4 Å². The minimum absolute atomic E-state index is 0.0307. The SMILES string of the molecule is COc1ccc(CN(C(=O)CCc2ccccc2)[C@@H](C)C(=O)NCC(C)C)cc1. The highest BCUT2D eigenvalue weighted by Crippen LogP contribution is 2.16. The molecule has 0 aromatic heterocycles. The average molecular weight is 397 g/mol. The molecule has 5 heteroatoms. The molecular weight excluding hydrogens is 364 g/mol. The first-order chi connectivity index (χ1) is 13.9. The van der Waals surface area contributed by atoms with Crippen LogP contribution in [0.4, 0.5) is 0 Å². The van der Waals surface area contributed by atoms with Gasteiger partial charge in [-0.3, -0.25) is 9.59 Å². The largest absolute Gasteiger partial charge is 0.497 e. The first-order valence-electron chi connectivity index (χ1n) is 10.1. The summed E-state index contributed by atoms with van der Waals surface area (Å²) in [5.74, 6) is 0.963. The number of benzene rings is 2. The number of aryl methyl sites for hydroxylation is 1. The van der Waals surface area contributed by atoms with Gasteiger partial charge in [0.2, 0.25) is 11.8 Å². The second-order valence-electron chi connectivity index (χ2n) is 7.67. The van der Waals surface area contributed by atoms with Gasteiger partial charge >= 0.3 is 0 Å². The summed E-state index contributed by atoms with van der Waals surface area (Å²) in [6.07, 6.45) is 1.01. The molecule has 0 radical (unpaired) electrons. The van der Waals surface area contributed by atoms with Gasteiger partial charge in [0, 0.05) is 19.5 Å². The van der Waals surface area contributed by atoms with Crippen LogP contribution in [0.1, 0.15) is 38.3 Å². The molecule has 5 nitrogen and oxygen atoms in total. The van der Waals surface area contributed by atoms with E-state index in [2.05, 4.69) is 5.32 Å². The predicted molar refractivity (Wildman–Crippen MR) is 116 cm³/mol. The normalized spacial score (nSPS) is 11.8. The third-order valence-corrected chi connectivity index (χ3v) is 4.83. The average Bonchev–Trinajstić information content (AvgIpc) is 2.74. The smallest absolute Gasteiger partial charge is 0.242 e. The van der Waals surface area contributed by atoms with Crippen LogP contribution in [0.25, 0.3) is 0 Å². The highest BCUT2D eigenvalue weighted by molar-refractivity contribution is 5.87. The van der Waals surface area contributed by atoms with Crippen LogP contribution in [0.2, 0.25) is 0 Å². The van der Waals surface area contributed by atoms with Crippen molar-refractivity contribution in [3.8, 4) is 5.75 Å². The minimum atomic E-state index is -0.542. The summed E-state index contributed by atoms with van der Waals surface area (Å²) >= 11 is 0. The second-order valence-corrected chi connectivity index (χ2v) is 7.67. The van der Waals surface area contributed by atoms with Gasteiger partial charge in [-0.1, -0.05) is 56.3 Å². The lowest BCUT2D eigenvalue weighted by Crippen LogP contribution is -2.48. The van der Waals surface area contributed by atoms with Crippen LogP contribution in [0.3, 0.4) is 0 Å². The van der Waals surface area contributed by atoms with E-state index >= 15 is 0 Å². The monoisotopic (exact) mass is 396 g/mol. The number of carbonyl (C=O) groups is 2. The Kier molecular flexibility index (Phi) is 8.71. The Labute approximate surface area is 174 Å². The van der Waals surface area contributed by atoms with E-state index in [9.17, 15) is 9.59 Å². The molecule has 0 fully saturated rings. The Morgan fingerprint density at radius 2 is 1.62 bits per heavy atom. The first-order valence-corrected chi connectivity index (χ1v) is 10.1. The third kappa shape index (κ3) is 7.26. The molecular formula is C24H32N2O3. The van der Waals surface area contributed by atoms with Gasteiger partial charge in [0.05, 0.1) is 7.11 Å². The molecule has 1 atom stereocenters. The van der Waals surface area contributed by atoms with E-state index in [-0.39, 0.29) is 11.8 Å². The Bertz CT molecular complexity index is 772. The lowest BCUT2D eigenvalue weighted by molar-refractivity contribution is -0.140. The molecule has 0 unspecified atom stereocenters.